The van der Waals surface area contributed by atoms with Crippen LogP contribution in [0.15, 0.2) is 53.9 Å². The molecule has 1 saturated heterocycles. The molecule has 154 valence electrons. The first-order valence-corrected chi connectivity index (χ1v) is 10.7. The molecule has 0 unspecified atom stereocenters. The maximum Gasteiger partial charge on any atom is 0.414 e. The Hall–Kier alpha value is -3.07. The SMILES string of the molecule is O=C1O[C@H](CSc2ncn[nH]2)CN1c1ccc(N2CCc3ccccc3C2)c(F)c1. The van der Waals surface area contributed by atoms with Crippen LogP contribution < -0.4 is 9.80 Å². The van der Waals surface area contributed by atoms with Crippen LogP contribution in [0, 0.1) is 5.82 Å². The third kappa shape index (κ3) is 3.72. The Labute approximate surface area is 177 Å². The number of nitrogens with one attached hydrogen (secondary N) is 1. The number of halogens is 1. The molecule has 5 rings (SSSR count). The van der Waals surface area contributed by atoms with E-state index in [1.807, 2.05) is 17.0 Å². The van der Waals surface area contributed by atoms with Crippen molar-refractivity contribution in [1.82, 2.24) is 15.2 Å². The fraction of sp³-hybridized carbons (Fsp3) is 0.286. The molecule has 1 aromatic heterocycles. The molecule has 1 fully saturated rings. The number of rotatable bonds is 5. The average Bonchev–Trinajstić information content (AvgIpc) is 3.41. The largest absolute Gasteiger partial charge is 0.443 e. The molecule has 1 atom stereocenters. The Morgan fingerprint density at radius 2 is 2.10 bits per heavy atom. The van der Waals surface area contributed by atoms with Crippen molar-refractivity contribution in [3.63, 3.8) is 0 Å². The summed E-state index contributed by atoms with van der Waals surface area (Å²) in [5.41, 5.74) is 3.60. The van der Waals surface area contributed by atoms with Crippen LogP contribution in [-0.4, -0.2) is 46.2 Å². The number of H-pyrrole nitrogens is 1. The number of aromatic amines is 1. The van der Waals surface area contributed by atoms with E-state index in [0.717, 1.165) is 13.0 Å². The van der Waals surface area contributed by atoms with Gasteiger partial charge in [0.15, 0.2) is 5.16 Å². The van der Waals surface area contributed by atoms with Gasteiger partial charge in [-0.1, -0.05) is 36.0 Å². The monoisotopic (exact) mass is 425 g/mol. The molecule has 0 saturated carbocycles. The maximum atomic E-state index is 15.0. The lowest BCUT2D eigenvalue weighted by Crippen LogP contribution is -2.31. The Kier molecular flexibility index (Phi) is 5.04. The highest BCUT2D eigenvalue weighted by Crippen LogP contribution is 2.31. The number of aromatic nitrogens is 3. The number of anilines is 2. The molecule has 2 aliphatic heterocycles. The molecule has 3 aromatic rings. The second kappa shape index (κ2) is 7.98. The van der Waals surface area contributed by atoms with Gasteiger partial charge in [0.1, 0.15) is 18.2 Å². The van der Waals surface area contributed by atoms with E-state index in [-0.39, 0.29) is 11.9 Å². The number of fused-ring (bicyclic) bond motifs is 1. The number of nitrogens with zero attached hydrogens (tertiary/aromatic N) is 4. The number of benzene rings is 2. The van der Waals surface area contributed by atoms with Crippen molar-refractivity contribution in [1.29, 1.82) is 0 Å². The van der Waals surface area contributed by atoms with Crippen molar-refractivity contribution >= 4 is 29.2 Å². The summed E-state index contributed by atoms with van der Waals surface area (Å²) in [5, 5.41) is 7.22. The zero-order valence-corrected chi connectivity index (χ0v) is 16.9. The fourth-order valence-electron chi connectivity index (χ4n) is 3.88. The average molecular weight is 425 g/mol. The van der Waals surface area contributed by atoms with Crippen LogP contribution in [0.3, 0.4) is 0 Å². The Balaban J connectivity index is 1.27. The number of hydrogen-bond acceptors (Lipinski definition) is 6. The van der Waals surface area contributed by atoms with Crippen molar-refractivity contribution in [2.45, 2.75) is 24.2 Å². The van der Waals surface area contributed by atoms with Crippen molar-refractivity contribution < 1.29 is 13.9 Å². The molecule has 0 radical (unpaired) electrons. The molecule has 9 heteroatoms. The molecule has 2 aliphatic rings. The minimum Gasteiger partial charge on any atom is -0.443 e. The first-order valence-electron chi connectivity index (χ1n) is 9.75. The highest BCUT2D eigenvalue weighted by Gasteiger charge is 2.33. The van der Waals surface area contributed by atoms with Crippen LogP contribution >= 0.6 is 11.8 Å². The number of hydrogen-bond donors (Lipinski definition) is 1. The van der Waals surface area contributed by atoms with E-state index in [1.54, 1.807) is 12.1 Å². The van der Waals surface area contributed by atoms with E-state index in [4.69, 9.17) is 4.74 Å². The van der Waals surface area contributed by atoms with Gasteiger partial charge in [0.25, 0.3) is 0 Å². The summed E-state index contributed by atoms with van der Waals surface area (Å²) < 4.78 is 20.4. The van der Waals surface area contributed by atoms with Crippen molar-refractivity contribution in [2.75, 3.05) is 28.6 Å². The van der Waals surface area contributed by atoms with Gasteiger partial charge in [0.05, 0.1) is 17.9 Å². The zero-order valence-electron chi connectivity index (χ0n) is 16.1. The summed E-state index contributed by atoms with van der Waals surface area (Å²) in [6, 6.07) is 13.2. The molecular weight excluding hydrogens is 405 g/mol. The quantitative estimate of drug-likeness (QED) is 0.630. The lowest BCUT2D eigenvalue weighted by Gasteiger charge is -2.31. The molecule has 0 bridgehead atoms. The molecule has 1 N–H and O–H groups in total. The van der Waals surface area contributed by atoms with E-state index < -0.39 is 6.09 Å². The maximum absolute atomic E-state index is 15.0. The van der Waals surface area contributed by atoms with Crippen LogP contribution in [0.2, 0.25) is 0 Å². The van der Waals surface area contributed by atoms with Crippen molar-refractivity contribution in [3.8, 4) is 0 Å². The fourth-order valence-corrected chi connectivity index (χ4v) is 4.63. The predicted octanol–water partition coefficient (Wildman–Crippen LogP) is 3.62. The number of thioether (sulfide) groups is 1. The number of amides is 1. The molecular formula is C21H20FN5O2S. The van der Waals surface area contributed by atoms with Crippen LogP contribution in [0.4, 0.5) is 20.6 Å². The Bertz CT molecular complexity index is 1060. The number of cyclic esters (lactones) is 1. The third-order valence-corrected chi connectivity index (χ3v) is 6.40. The summed E-state index contributed by atoms with van der Waals surface area (Å²) in [4.78, 5) is 19.9. The first-order chi connectivity index (χ1) is 14.7. The first kappa shape index (κ1) is 18.9. The van der Waals surface area contributed by atoms with Crippen LogP contribution in [-0.2, 0) is 17.7 Å². The minimum atomic E-state index is -0.461. The van der Waals surface area contributed by atoms with Crippen molar-refractivity contribution in [3.05, 3.63) is 65.7 Å². The zero-order chi connectivity index (χ0) is 20.5. The van der Waals surface area contributed by atoms with Gasteiger partial charge in [-0.05, 0) is 35.7 Å². The lowest BCUT2D eigenvalue weighted by atomic mass is 9.99. The molecule has 1 amide bonds. The van der Waals surface area contributed by atoms with Gasteiger partial charge in [-0.3, -0.25) is 10.00 Å². The standard InChI is InChI=1S/C21H20FN5O2S/c22-18-9-16(27-11-17(29-21(27)28)12-30-20-23-13-24-25-20)5-6-19(18)26-8-7-14-3-1-2-4-15(14)10-26/h1-6,9,13,17H,7-8,10-12H2,(H,23,24,25)/t17-/m0/s1. The second-order valence-corrected chi connectivity index (χ2v) is 8.30. The van der Waals surface area contributed by atoms with Crippen LogP contribution in [0.1, 0.15) is 11.1 Å². The van der Waals surface area contributed by atoms with Gasteiger partial charge in [0.2, 0.25) is 0 Å². The van der Waals surface area contributed by atoms with Gasteiger partial charge < -0.3 is 9.64 Å². The van der Waals surface area contributed by atoms with E-state index in [2.05, 4.69) is 27.3 Å². The molecule has 2 aromatic carbocycles. The smallest absolute Gasteiger partial charge is 0.414 e. The summed E-state index contributed by atoms with van der Waals surface area (Å²) in [6.45, 7) is 1.81. The molecule has 0 aliphatic carbocycles. The van der Waals surface area contributed by atoms with Crippen LogP contribution in [0.25, 0.3) is 0 Å². The van der Waals surface area contributed by atoms with E-state index >= 15 is 0 Å². The van der Waals surface area contributed by atoms with Crippen LogP contribution in [0.5, 0.6) is 0 Å². The molecule has 30 heavy (non-hydrogen) atoms. The van der Waals surface area contributed by atoms with E-state index in [9.17, 15) is 9.18 Å². The van der Waals surface area contributed by atoms with E-state index in [0.29, 0.717) is 35.4 Å². The number of ether oxygens (including phenoxy) is 1. The number of carbonyl (C=O) groups excluding carboxylic acids is 1. The summed E-state index contributed by atoms with van der Waals surface area (Å²) in [6.07, 6.45) is 1.56. The van der Waals surface area contributed by atoms with Crippen molar-refractivity contribution in [2.24, 2.45) is 0 Å². The Morgan fingerprint density at radius 1 is 1.23 bits per heavy atom. The van der Waals surface area contributed by atoms with Gasteiger partial charge in [-0.25, -0.2) is 14.2 Å². The van der Waals surface area contributed by atoms with Gasteiger partial charge >= 0.3 is 6.09 Å². The Morgan fingerprint density at radius 3 is 2.90 bits per heavy atom. The predicted molar refractivity (Wildman–Crippen MR) is 112 cm³/mol. The molecule has 0 spiro atoms. The van der Waals surface area contributed by atoms with Gasteiger partial charge in [0, 0.05) is 18.8 Å². The highest BCUT2D eigenvalue weighted by atomic mass is 32.2. The second-order valence-electron chi connectivity index (χ2n) is 7.29. The van der Waals surface area contributed by atoms with Gasteiger partial charge in [-0.15, -0.1) is 0 Å². The summed E-state index contributed by atoms with van der Waals surface area (Å²) >= 11 is 1.43. The summed E-state index contributed by atoms with van der Waals surface area (Å²) in [7, 11) is 0. The topological polar surface area (TPSA) is 74.3 Å². The molecule has 3 heterocycles. The third-order valence-electron chi connectivity index (χ3n) is 5.39. The minimum absolute atomic E-state index is 0.297. The highest BCUT2D eigenvalue weighted by molar-refractivity contribution is 7.99. The number of carbonyl (C=O) groups is 1. The summed E-state index contributed by atoms with van der Waals surface area (Å²) in [5.74, 6) is 0.213. The normalized spacial score (nSPS) is 18.4. The van der Waals surface area contributed by atoms with Gasteiger partial charge in [-0.2, -0.15) is 5.10 Å². The van der Waals surface area contributed by atoms with E-state index in [1.165, 1.54) is 40.2 Å². The molecule has 7 nitrogen and oxygen atoms in total. The lowest BCUT2D eigenvalue weighted by molar-refractivity contribution is 0.151.